The Morgan fingerprint density at radius 3 is 1.29 bits per heavy atom. The first-order valence-electron chi connectivity index (χ1n) is 37.4. The fraction of sp³-hybridized carbons (Fsp3) is 0.105. The fourth-order valence-corrected chi connectivity index (χ4v) is 13.9. The van der Waals surface area contributed by atoms with Gasteiger partial charge in [-0.05, 0) is 121 Å². The molecule has 21 nitrogen and oxygen atoms in total. The highest BCUT2D eigenvalue weighted by Crippen LogP contribution is 2.39. The van der Waals surface area contributed by atoms with E-state index in [9.17, 15) is 42.4 Å². The van der Waals surface area contributed by atoms with Gasteiger partial charge in [-0.1, -0.05) is 335 Å². The van der Waals surface area contributed by atoms with Crippen LogP contribution in [0.15, 0.2) is 362 Å². The molecule has 2 heterocycles. The van der Waals surface area contributed by atoms with E-state index >= 15 is 0 Å². The van der Waals surface area contributed by atoms with Crippen LogP contribution in [0.3, 0.4) is 0 Å². The van der Waals surface area contributed by atoms with Gasteiger partial charge < -0.3 is 24.2 Å². The van der Waals surface area contributed by atoms with E-state index in [1.165, 1.54) is 41.2 Å². The van der Waals surface area contributed by atoms with Gasteiger partial charge in [0.2, 0.25) is 0 Å². The zero-order chi connectivity index (χ0) is 83.7. The largest absolute Gasteiger partial charge is 0.375 e. The molecule has 13 aromatic rings. The number of carbonyl (C=O) groups is 6. The van der Waals surface area contributed by atoms with Crippen molar-refractivity contribution in [2.75, 3.05) is 0 Å². The molecule has 0 saturated heterocycles. The summed E-state index contributed by atoms with van der Waals surface area (Å²) in [6.45, 7) is 7.24. The number of aryl methyl sites for hydroxylation is 1. The number of fused-ring (bicyclic) bond motifs is 4. The molecule has 0 N–H and O–H groups in total. The Morgan fingerprint density at radius 2 is 0.790 bits per heavy atom. The van der Waals surface area contributed by atoms with E-state index in [1.807, 2.05) is 203 Å². The van der Waals surface area contributed by atoms with Crippen LogP contribution < -0.4 is 0 Å². The highest BCUT2D eigenvalue weighted by Gasteiger charge is 2.31. The Balaban J connectivity index is 0.000000148. The molecule has 2 aromatic heterocycles. The number of nitriles is 1. The summed E-state index contributed by atoms with van der Waals surface area (Å²) in [6.07, 6.45) is 5.37. The van der Waals surface area contributed by atoms with Crippen LogP contribution in [0.1, 0.15) is 148 Å². The first-order valence-corrected chi connectivity index (χ1v) is 40.6. The van der Waals surface area contributed by atoms with E-state index in [0.29, 0.717) is 65.7 Å². The zero-order valence-electron chi connectivity index (χ0n) is 64.9. The highest BCUT2D eigenvalue weighted by molar-refractivity contribution is 7.86. The number of rotatable bonds is 20. The predicted molar refractivity (Wildman–Crippen MR) is 462 cm³/mol. The molecule has 24 heteroatoms. The van der Waals surface area contributed by atoms with Gasteiger partial charge in [0.15, 0.2) is 11.5 Å². The van der Waals surface area contributed by atoms with Crippen molar-refractivity contribution < 1.29 is 65.7 Å². The summed E-state index contributed by atoms with van der Waals surface area (Å²) in [5, 5.41) is 38.2. The van der Waals surface area contributed by atoms with Gasteiger partial charge >= 0.3 is 40.0 Å². The fourth-order valence-electron chi connectivity index (χ4n) is 12.0. The Bertz CT molecular complexity index is 5910. The van der Waals surface area contributed by atoms with Crippen LogP contribution >= 0.6 is 22.7 Å². The molecule has 2 aliphatic carbocycles. The standard InChI is InChI=1S/C24H16N2O4S2.C22H12N2O3.C19H15NO2.C15H15NO3S.C15H19NO2/c27-23(19-13-7-15-31-19)29-25-21(17-9-3-1-4-10-17)22(18-11-5-2-6-12-18)26-30-24(28)20-14-8-16-32-20;23-13-19(14-7-2-1-3-8-14)24-27-22(26)18-12-6-11-17-20(18)15-9-4-5-10-16(15)21(17)25;1-14(15-8-3-2-4-9-15)20-22-19(21)18-13-7-11-16-10-5-6-12-17(16)18;1-12-8-10-15(11-9-12)20(17,18)19-16-13(2)14-6-4-3-5-7-14;1-12(13-8-4-2-5-9-13)16-18-15(17)14-10-6-3-7-11-14/h1-16H;1-12H;2-13H,1H3;3-11H,1-2H3;2,4-5,8-9,14H,3,6-7,10-11H2,1H3/b25-21-,26-22-;24-19+;20-14+;16-13+;16-12+. The Kier molecular flexibility index (Phi) is 30.9. The second kappa shape index (κ2) is 43.2. The Labute approximate surface area is 695 Å². The van der Waals surface area contributed by atoms with Crippen molar-refractivity contribution in [1.29, 1.82) is 5.26 Å². The lowest BCUT2D eigenvalue weighted by atomic mass is 9.89. The molecule has 0 unspecified atom stereocenters. The van der Waals surface area contributed by atoms with Gasteiger partial charge in [-0.2, -0.15) is 13.7 Å². The van der Waals surface area contributed by atoms with Crippen LogP contribution in [-0.2, 0) is 43.4 Å². The van der Waals surface area contributed by atoms with Crippen molar-refractivity contribution in [2.24, 2.45) is 36.9 Å². The van der Waals surface area contributed by atoms with Crippen LogP contribution in [0.5, 0.6) is 0 Å². The summed E-state index contributed by atoms with van der Waals surface area (Å²) in [7, 11) is -3.87. The molecule has 0 aliphatic heterocycles. The van der Waals surface area contributed by atoms with Crippen LogP contribution in [0.2, 0.25) is 0 Å². The summed E-state index contributed by atoms with van der Waals surface area (Å²) in [5.41, 5.74) is 10.9. The lowest BCUT2D eigenvalue weighted by Crippen LogP contribution is -2.20. The maximum Gasteiger partial charge on any atom is 0.375 e. The second-order valence-corrected chi connectivity index (χ2v) is 29.8. The predicted octanol–water partition coefficient (Wildman–Crippen LogP) is 20.7. The van der Waals surface area contributed by atoms with Gasteiger partial charge in [-0.25, -0.2) is 24.0 Å². The molecular weight excluding hydrogens is 1560 g/mol. The van der Waals surface area contributed by atoms with Crippen LogP contribution in [-0.4, -0.2) is 78.3 Å². The van der Waals surface area contributed by atoms with Crippen molar-refractivity contribution in [3.8, 4) is 17.2 Å². The van der Waals surface area contributed by atoms with Gasteiger partial charge in [-0.3, -0.25) is 9.08 Å². The third-order valence-corrected chi connectivity index (χ3v) is 21.0. The first kappa shape index (κ1) is 85.2. The lowest BCUT2D eigenvalue weighted by molar-refractivity contribution is -0.149. The molecular formula is C95H77N7O14S3. The number of thiophene rings is 2. The number of nitrogens with zero attached hydrogens (tertiary/aromatic N) is 7. The molecule has 0 radical (unpaired) electrons. The topological polar surface area (TPSA) is 290 Å². The third-order valence-electron chi connectivity index (χ3n) is 18.2. The SMILES string of the molecule is C/C(=N\OC(=O)C1CCCCC1)c1ccccc1.C/C(=N\OC(=O)c1cccc2ccccc12)c1ccccc1.C/C(=N\OS(=O)(=O)c1ccc(C)cc1)c1ccccc1.N#C/C(=N\OC(=O)c1cccc2c1-c1ccccc1C2=O)c1ccccc1.O=C(O/N=C(\C(=N/OC(=O)c1cccs1)c1ccccc1)c1ccccc1)c1cccs1. The van der Waals surface area contributed by atoms with Gasteiger partial charge in [0.25, 0.3) is 0 Å². The average molecular weight is 1640 g/mol. The summed E-state index contributed by atoms with van der Waals surface area (Å²) in [5.74, 6) is -2.60. The van der Waals surface area contributed by atoms with Gasteiger partial charge in [0.05, 0.1) is 34.2 Å². The molecule has 0 amide bonds. The quantitative estimate of drug-likeness (QED) is 0.0389. The number of oxime groups is 6. The molecule has 119 heavy (non-hydrogen) atoms. The van der Waals surface area contributed by atoms with E-state index < -0.39 is 34.0 Å². The second-order valence-electron chi connectivity index (χ2n) is 26.3. The van der Waals surface area contributed by atoms with Crippen molar-refractivity contribution in [2.45, 2.75) is 64.7 Å². The van der Waals surface area contributed by atoms with E-state index in [4.69, 9.17) is 28.5 Å². The van der Waals surface area contributed by atoms with Gasteiger partial charge in [-0.15, -0.1) is 22.7 Å². The third kappa shape index (κ3) is 24.0. The highest BCUT2D eigenvalue weighted by atomic mass is 32.2. The number of ketones is 1. The smallest absolute Gasteiger partial charge is 0.318 e. The molecule has 2 aliphatic rings. The van der Waals surface area contributed by atoms with E-state index in [-0.39, 0.29) is 45.3 Å². The molecule has 0 bridgehead atoms. The molecule has 1 saturated carbocycles. The number of hydrogen-bond acceptors (Lipinski definition) is 23. The lowest BCUT2D eigenvalue weighted by Gasteiger charge is -2.18. The summed E-state index contributed by atoms with van der Waals surface area (Å²) in [4.78, 5) is 101. The molecule has 15 rings (SSSR count). The minimum absolute atomic E-state index is 0.00648. The van der Waals surface area contributed by atoms with E-state index in [2.05, 4.69) is 30.9 Å². The number of benzene rings is 11. The zero-order valence-corrected chi connectivity index (χ0v) is 67.3. The first-order chi connectivity index (χ1) is 57.9. The van der Waals surface area contributed by atoms with E-state index in [0.717, 1.165) is 64.4 Å². The summed E-state index contributed by atoms with van der Waals surface area (Å²) in [6, 6.07) is 96.0. The van der Waals surface area contributed by atoms with Crippen molar-refractivity contribution in [3.63, 3.8) is 0 Å². The molecule has 0 atom stereocenters. The number of hydrogen-bond donors (Lipinski definition) is 0. The summed E-state index contributed by atoms with van der Waals surface area (Å²) >= 11 is 2.51. The van der Waals surface area contributed by atoms with Crippen molar-refractivity contribution >= 4 is 113 Å². The van der Waals surface area contributed by atoms with E-state index in [1.54, 1.807) is 145 Å². The van der Waals surface area contributed by atoms with Crippen LogP contribution in [0, 0.1) is 24.2 Å². The van der Waals surface area contributed by atoms with Crippen LogP contribution in [0.25, 0.3) is 21.9 Å². The molecule has 0 spiro atoms. The van der Waals surface area contributed by atoms with Crippen molar-refractivity contribution in [1.82, 2.24) is 0 Å². The Hall–Kier alpha value is -14.6. The average Bonchev–Trinajstić information content (AvgIpc) is 1.60. The number of carbonyl (C=O) groups excluding carboxylic acids is 6. The van der Waals surface area contributed by atoms with Crippen LogP contribution in [0.4, 0.5) is 0 Å². The summed E-state index contributed by atoms with van der Waals surface area (Å²) < 4.78 is 28.6. The maximum atomic E-state index is 12.6. The maximum absolute atomic E-state index is 12.6. The monoisotopic (exact) mass is 1640 g/mol. The minimum atomic E-state index is -3.87. The van der Waals surface area contributed by atoms with Crippen molar-refractivity contribution in [3.05, 3.63) is 397 Å². The molecule has 594 valence electrons. The molecule has 1 fully saturated rings. The van der Waals surface area contributed by atoms with Gasteiger partial charge in [0, 0.05) is 33.4 Å². The van der Waals surface area contributed by atoms with Gasteiger partial charge in [0.1, 0.15) is 32.1 Å². The minimum Gasteiger partial charge on any atom is -0.318 e. The molecule has 11 aromatic carbocycles. The Morgan fingerprint density at radius 1 is 0.387 bits per heavy atom. The normalized spacial score (nSPS) is 12.7.